The fourth-order valence-electron chi connectivity index (χ4n) is 1.42. The van der Waals surface area contributed by atoms with Crippen molar-refractivity contribution in [3.05, 3.63) is 52.1 Å². The summed E-state index contributed by atoms with van der Waals surface area (Å²) in [4.78, 5) is 4.45. The van der Waals surface area contributed by atoms with Crippen LogP contribution in [0, 0.1) is 6.92 Å². The Morgan fingerprint density at radius 1 is 1.33 bits per heavy atom. The van der Waals surface area contributed by atoms with Gasteiger partial charge in [0.15, 0.2) is 0 Å². The third kappa shape index (κ3) is 3.05. The maximum Gasteiger partial charge on any atom is 0.219 e. The standard InChI is InChI=1S/C13H11BrN2OS/c1-8-2-3-11(10(14)6-8)17-12-7-9(13(15)18)4-5-16-12/h2-7H,1H3,(H2,15,18). The van der Waals surface area contributed by atoms with Crippen LogP contribution in [0.2, 0.25) is 0 Å². The van der Waals surface area contributed by atoms with Gasteiger partial charge in [-0.3, -0.25) is 0 Å². The van der Waals surface area contributed by atoms with Crippen LogP contribution in [0.3, 0.4) is 0 Å². The topological polar surface area (TPSA) is 48.1 Å². The van der Waals surface area contributed by atoms with Gasteiger partial charge in [-0.1, -0.05) is 18.3 Å². The molecule has 92 valence electrons. The molecule has 5 heteroatoms. The first kappa shape index (κ1) is 13.0. The molecule has 2 N–H and O–H groups in total. The Labute approximate surface area is 119 Å². The molecule has 0 aliphatic carbocycles. The van der Waals surface area contributed by atoms with Crippen molar-refractivity contribution >= 4 is 33.1 Å². The second-order valence-corrected chi connectivity index (χ2v) is 5.08. The first-order valence-electron chi connectivity index (χ1n) is 5.26. The SMILES string of the molecule is Cc1ccc(Oc2cc(C(N)=S)ccn2)c(Br)c1. The molecule has 3 nitrogen and oxygen atoms in total. The zero-order valence-electron chi connectivity index (χ0n) is 9.68. The molecule has 0 radical (unpaired) electrons. The van der Waals surface area contributed by atoms with E-state index in [2.05, 4.69) is 20.9 Å². The van der Waals surface area contributed by atoms with E-state index >= 15 is 0 Å². The van der Waals surface area contributed by atoms with E-state index in [1.165, 1.54) is 0 Å². The van der Waals surface area contributed by atoms with Crippen molar-refractivity contribution in [2.24, 2.45) is 5.73 Å². The zero-order chi connectivity index (χ0) is 13.1. The Hall–Kier alpha value is -1.46. The van der Waals surface area contributed by atoms with Crippen molar-refractivity contribution in [2.75, 3.05) is 0 Å². The van der Waals surface area contributed by atoms with Gasteiger partial charge < -0.3 is 10.5 Å². The molecule has 1 heterocycles. The Bertz CT molecular complexity index is 601. The molecule has 0 saturated heterocycles. The summed E-state index contributed by atoms with van der Waals surface area (Å²) in [6, 6.07) is 9.30. The third-order valence-electron chi connectivity index (χ3n) is 2.32. The second-order valence-electron chi connectivity index (χ2n) is 3.78. The van der Waals surface area contributed by atoms with Crippen LogP contribution in [-0.2, 0) is 0 Å². The first-order chi connectivity index (χ1) is 8.56. The van der Waals surface area contributed by atoms with E-state index in [0.29, 0.717) is 16.6 Å². The molecule has 0 fully saturated rings. The first-order valence-corrected chi connectivity index (χ1v) is 6.46. The quantitative estimate of drug-likeness (QED) is 0.877. The molecule has 0 amide bonds. The van der Waals surface area contributed by atoms with Gasteiger partial charge in [0.1, 0.15) is 10.7 Å². The van der Waals surface area contributed by atoms with Crippen molar-refractivity contribution < 1.29 is 4.74 Å². The number of nitrogens with zero attached hydrogens (tertiary/aromatic N) is 1. The maximum atomic E-state index is 5.68. The molecule has 0 aliphatic rings. The smallest absolute Gasteiger partial charge is 0.219 e. The summed E-state index contributed by atoms with van der Waals surface area (Å²) in [5.74, 6) is 1.16. The van der Waals surface area contributed by atoms with Crippen molar-refractivity contribution in [2.45, 2.75) is 6.92 Å². The van der Waals surface area contributed by atoms with Crippen LogP contribution in [0.25, 0.3) is 0 Å². The van der Waals surface area contributed by atoms with Crippen LogP contribution in [0.1, 0.15) is 11.1 Å². The second kappa shape index (κ2) is 5.46. The molecule has 0 atom stereocenters. The van der Waals surface area contributed by atoms with Gasteiger partial charge in [0.2, 0.25) is 5.88 Å². The fraction of sp³-hybridized carbons (Fsp3) is 0.0769. The molecule has 1 aromatic carbocycles. The summed E-state index contributed by atoms with van der Waals surface area (Å²) in [5, 5.41) is 0. The molecule has 2 rings (SSSR count). The highest BCUT2D eigenvalue weighted by Gasteiger charge is 2.05. The van der Waals surface area contributed by atoms with Crippen molar-refractivity contribution in [1.82, 2.24) is 4.98 Å². The molecule has 18 heavy (non-hydrogen) atoms. The van der Waals surface area contributed by atoms with Crippen LogP contribution in [-0.4, -0.2) is 9.97 Å². The summed E-state index contributed by atoms with van der Waals surface area (Å²) in [6.45, 7) is 2.01. The highest BCUT2D eigenvalue weighted by atomic mass is 79.9. The summed E-state index contributed by atoms with van der Waals surface area (Å²) in [6.07, 6.45) is 1.62. The molecule has 0 aliphatic heterocycles. The third-order valence-corrected chi connectivity index (χ3v) is 3.18. The summed E-state index contributed by atoms with van der Waals surface area (Å²) < 4.78 is 6.56. The predicted octanol–water partition coefficient (Wildman–Crippen LogP) is 3.58. The zero-order valence-corrected chi connectivity index (χ0v) is 12.1. The number of ether oxygens (including phenoxy) is 1. The lowest BCUT2D eigenvalue weighted by atomic mass is 10.2. The van der Waals surface area contributed by atoms with Gasteiger partial charge in [-0.2, -0.15) is 0 Å². The van der Waals surface area contributed by atoms with Crippen LogP contribution < -0.4 is 10.5 Å². The molecule has 1 aromatic heterocycles. The Morgan fingerprint density at radius 2 is 2.11 bits per heavy atom. The van der Waals surface area contributed by atoms with Gasteiger partial charge in [-0.15, -0.1) is 0 Å². The van der Waals surface area contributed by atoms with Crippen LogP contribution in [0.4, 0.5) is 0 Å². The molecular weight excluding hydrogens is 312 g/mol. The summed E-state index contributed by atoms with van der Waals surface area (Å²) in [7, 11) is 0. The minimum Gasteiger partial charge on any atom is -0.438 e. The van der Waals surface area contributed by atoms with Crippen molar-refractivity contribution in [1.29, 1.82) is 0 Å². The van der Waals surface area contributed by atoms with Crippen LogP contribution >= 0.6 is 28.1 Å². The molecule has 0 saturated carbocycles. The van der Waals surface area contributed by atoms with E-state index in [9.17, 15) is 0 Å². The molecule has 0 bridgehead atoms. The number of pyridine rings is 1. The van der Waals surface area contributed by atoms with E-state index in [-0.39, 0.29) is 0 Å². The molecule has 0 spiro atoms. The van der Waals surface area contributed by atoms with E-state index in [4.69, 9.17) is 22.7 Å². The molecule has 0 unspecified atom stereocenters. The van der Waals surface area contributed by atoms with Crippen molar-refractivity contribution in [3.8, 4) is 11.6 Å². The highest BCUT2D eigenvalue weighted by molar-refractivity contribution is 9.10. The summed E-state index contributed by atoms with van der Waals surface area (Å²) in [5.41, 5.74) is 7.45. The lowest BCUT2D eigenvalue weighted by Crippen LogP contribution is -2.09. The van der Waals surface area contributed by atoms with E-state index < -0.39 is 0 Å². The van der Waals surface area contributed by atoms with Gasteiger partial charge in [0, 0.05) is 17.8 Å². The summed E-state index contributed by atoms with van der Waals surface area (Å²) >= 11 is 8.36. The number of nitrogens with two attached hydrogens (primary N) is 1. The Balaban J connectivity index is 2.28. The highest BCUT2D eigenvalue weighted by Crippen LogP contribution is 2.29. The number of halogens is 1. The Morgan fingerprint density at radius 3 is 2.78 bits per heavy atom. The number of rotatable bonds is 3. The van der Waals surface area contributed by atoms with Gasteiger partial charge in [-0.05, 0) is 46.6 Å². The Kier molecular flexibility index (Phi) is 3.93. The number of aromatic nitrogens is 1. The average Bonchev–Trinajstić information content (AvgIpc) is 2.33. The average molecular weight is 323 g/mol. The number of benzene rings is 1. The number of hydrogen-bond donors (Lipinski definition) is 1. The van der Waals surface area contributed by atoms with Crippen LogP contribution in [0.5, 0.6) is 11.6 Å². The van der Waals surface area contributed by atoms with Gasteiger partial charge >= 0.3 is 0 Å². The van der Waals surface area contributed by atoms with Gasteiger partial charge in [-0.25, -0.2) is 4.98 Å². The lowest BCUT2D eigenvalue weighted by Gasteiger charge is -2.08. The monoisotopic (exact) mass is 322 g/mol. The van der Waals surface area contributed by atoms with E-state index in [1.807, 2.05) is 25.1 Å². The number of thiocarbonyl (C=S) groups is 1. The van der Waals surface area contributed by atoms with E-state index in [1.54, 1.807) is 18.3 Å². The minimum absolute atomic E-state index is 0.324. The molecule has 2 aromatic rings. The lowest BCUT2D eigenvalue weighted by molar-refractivity contribution is 0.460. The normalized spacial score (nSPS) is 10.1. The maximum absolute atomic E-state index is 5.68. The van der Waals surface area contributed by atoms with Gasteiger partial charge in [0.25, 0.3) is 0 Å². The number of aryl methyl sites for hydroxylation is 1. The predicted molar refractivity (Wildman–Crippen MR) is 79.1 cm³/mol. The number of hydrogen-bond acceptors (Lipinski definition) is 3. The molecular formula is C13H11BrN2OS. The van der Waals surface area contributed by atoms with Crippen molar-refractivity contribution in [3.63, 3.8) is 0 Å². The largest absolute Gasteiger partial charge is 0.438 e. The fourth-order valence-corrected chi connectivity index (χ4v) is 2.12. The van der Waals surface area contributed by atoms with Crippen LogP contribution in [0.15, 0.2) is 41.0 Å². The van der Waals surface area contributed by atoms with Gasteiger partial charge in [0.05, 0.1) is 4.47 Å². The van der Waals surface area contributed by atoms with E-state index in [0.717, 1.165) is 15.6 Å². The minimum atomic E-state index is 0.324.